The number of carboxylic acids is 1. The molecule has 1 atom stereocenters. The molecule has 1 N–H and O–H groups in total. The van der Waals surface area contributed by atoms with Crippen molar-refractivity contribution < 1.29 is 14.7 Å². The quantitative estimate of drug-likeness (QED) is 0.624. The average Bonchev–Trinajstić information content (AvgIpc) is 2.97. The van der Waals surface area contributed by atoms with Gasteiger partial charge in [-0.2, -0.15) is 11.8 Å². The summed E-state index contributed by atoms with van der Waals surface area (Å²) in [5, 5.41) is 9.39. The summed E-state index contributed by atoms with van der Waals surface area (Å²) in [7, 11) is 1.88. The summed E-state index contributed by atoms with van der Waals surface area (Å²) in [6.45, 7) is 0. The summed E-state index contributed by atoms with van der Waals surface area (Å²) in [4.78, 5) is 25.7. The number of nitrogens with zero attached hydrogens (tertiary/aromatic N) is 2. The van der Waals surface area contributed by atoms with Crippen LogP contribution < -0.4 is 0 Å². The van der Waals surface area contributed by atoms with Gasteiger partial charge in [-0.1, -0.05) is 24.0 Å². The van der Waals surface area contributed by atoms with E-state index in [9.17, 15) is 14.7 Å². The number of hydrogen-bond acceptors (Lipinski definition) is 5. The first kappa shape index (κ1) is 17.1. The molecule has 2 rings (SSSR count). The summed E-state index contributed by atoms with van der Waals surface area (Å²) in [5.41, 5.74) is 0.872. The molecular formula is C14H16N2O3S3. The highest BCUT2D eigenvalue weighted by Crippen LogP contribution is 2.34. The van der Waals surface area contributed by atoms with Crippen LogP contribution in [-0.2, 0) is 16.6 Å². The van der Waals surface area contributed by atoms with Crippen LogP contribution in [0.15, 0.2) is 23.2 Å². The second-order valence-electron chi connectivity index (χ2n) is 4.73. The second kappa shape index (κ2) is 7.34. The lowest BCUT2D eigenvalue weighted by Gasteiger charge is -2.22. The van der Waals surface area contributed by atoms with Gasteiger partial charge in [0.25, 0.3) is 5.91 Å². The van der Waals surface area contributed by atoms with Crippen molar-refractivity contribution >= 4 is 58.0 Å². The molecule has 22 heavy (non-hydrogen) atoms. The lowest BCUT2D eigenvalue weighted by molar-refractivity contribution is -0.145. The van der Waals surface area contributed by atoms with Gasteiger partial charge in [0.05, 0.1) is 4.91 Å². The van der Waals surface area contributed by atoms with Gasteiger partial charge in [0.2, 0.25) is 0 Å². The Kier molecular flexibility index (Phi) is 5.71. The van der Waals surface area contributed by atoms with Gasteiger partial charge in [0.15, 0.2) is 0 Å². The maximum atomic E-state index is 12.5. The fourth-order valence-electron chi connectivity index (χ4n) is 2.10. The molecule has 0 saturated carbocycles. The molecule has 118 valence electrons. The highest BCUT2D eigenvalue weighted by Gasteiger charge is 2.40. The first-order chi connectivity index (χ1) is 10.5. The molecule has 0 bridgehead atoms. The molecule has 0 aromatic carbocycles. The number of carbonyl (C=O) groups excluding carboxylic acids is 1. The van der Waals surface area contributed by atoms with Crippen LogP contribution in [0, 0.1) is 0 Å². The van der Waals surface area contributed by atoms with Crippen LogP contribution >= 0.6 is 35.7 Å². The number of aromatic nitrogens is 1. The van der Waals surface area contributed by atoms with Gasteiger partial charge in [0.1, 0.15) is 10.4 Å². The van der Waals surface area contributed by atoms with E-state index in [4.69, 9.17) is 12.2 Å². The van der Waals surface area contributed by atoms with E-state index >= 15 is 0 Å². The zero-order valence-corrected chi connectivity index (χ0v) is 14.6. The normalized spacial score (nSPS) is 18.3. The first-order valence-corrected chi connectivity index (χ1v) is 9.17. The molecule has 1 aromatic rings. The number of aliphatic carboxylic acids is 1. The molecule has 1 aliphatic rings. The van der Waals surface area contributed by atoms with E-state index in [1.807, 2.05) is 36.2 Å². The molecule has 5 nitrogen and oxygen atoms in total. The highest BCUT2D eigenvalue weighted by molar-refractivity contribution is 8.26. The van der Waals surface area contributed by atoms with E-state index in [0.29, 0.717) is 21.4 Å². The van der Waals surface area contributed by atoms with Crippen LogP contribution in [-0.4, -0.2) is 48.8 Å². The number of carbonyl (C=O) groups is 2. The van der Waals surface area contributed by atoms with E-state index in [2.05, 4.69) is 0 Å². The zero-order valence-electron chi connectivity index (χ0n) is 12.2. The standard InChI is InChI=1S/C14H16N2O3S3/c1-15-6-3-4-9(15)8-11-12(17)16(14(20)22-11)10(13(18)19)5-7-21-2/h3-4,6,8,10H,5,7H2,1-2H3,(H,18,19)/b11-8+. The van der Waals surface area contributed by atoms with Crippen LogP contribution in [0.4, 0.5) is 0 Å². The Balaban J connectivity index is 2.26. The summed E-state index contributed by atoms with van der Waals surface area (Å²) >= 11 is 7.92. The summed E-state index contributed by atoms with van der Waals surface area (Å²) in [6.07, 6.45) is 5.90. The molecule has 0 aliphatic carbocycles. The van der Waals surface area contributed by atoms with Crippen molar-refractivity contribution in [1.29, 1.82) is 0 Å². The molecule has 0 spiro atoms. The van der Waals surface area contributed by atoms with Crippen molar-refractivity contribution in [1.82, 2.24) is 9.47 Å². The van der Waals surface area contributed by atoms with Crippen LogP contribution in [0.5, 0.6) is 0 Å². The predicted octanol–water partition coefficient (Wildman–Crippen LogP) is 2.43. The number of amides is 1. The molecule has 1 amide bonds. The molecule has 1 fully saturated rings. The predicted molar refractivity (Wildman–Crippen MR) is 94.8 cm³/mol. The Bertz CT molecular complexity index is 639. The highest BCUT2D eigenvalue weighted by atomic mass is 32.2. The number of rotatable bonds is 6. The van der Waals surface area contributed by atoms with Crippen molar-refractivity contribution in [3.63, 3.8) is 0 Å². The number of hydrogen-bond donors (Lipinski definition) is 1. The van der Waals surface area contributed by atoms with Crippen LogP contribution in [0.1, 0.15) is 12.1 Å². The van der Waals surface area contributed by atoms with E-state index in [1.54, 1.807) is 17.8 Å². The SMILES string of the molecule is CSCCC(C(=O)O)N1C(=O)/C(=C\c2cccn2C)SC1=S. The van der Waals surface area contributed by atoms with Crippen molar-refractivity contribution in [2.45, 2.75) is 12.5 Å². The van der Waals surface area contributed by atoms with Crippen molar-refractivity contribution in [3.05, 3.63) is 28.9 Å². The average molecular weight is 356 g/mol. The Hall–Kier alpha value is -1.25. The third-order valence-corrected chi connectivity index (χ3v) is 5.25. The third kappa shape index (κ3) is 3.56. The van der Waals surface area contributed by atoms with Gasteiger partial charge < -0.3 is 9.67 Å². The number of thioether (sulfide) groups is 2. The topological polar surface area (TPSA) is 62.5 Å². The lowest BCUT2D eigenvalue weighted by atomic mass is 10.2. The van der Waals surface area contributed by atoms with Crippen LogP contribution in [0.2, 0.25) is 0 Å². The molecule has 1 aliphatic heterocycles. The van der Waals surface area contributed by atoms with Gasteiger partial charge >= 0.3 is 5.97 Å². The maximum Gasteiger partial charge on any atom is 0.326 e. The lowest BCUT2D eigenvalue weighted by Crippen LogP contribution is -2.44. The minimum absolute atomic E-state index is 0.305. The first-order valence-electron chi connectivity index (χ1n) is 6.56. The molecule has 1 aromatic heterocycles. The van der Waals surface area contributed by atoms with Gasteiger partial charge in [-0.05, 0) is 36.6 Å². The fourth-order valence-corrected chi connectivity index (χ4v) is 3.90. The Morgan fingerprint density at radius 2 is 2.32 bits per heavy atom. The smallest absolute Gasteiger partial charge is 0.326 e. The Morgan fingerprint density at radius 3 is 2.86 bits per heavy atom. The van der Waals surface area contributed by atoms with Crippen LogP contribution in [0.3, 0.4) is 0 Å². The summed E-state index contributed by atoms with van der Waals surface area (Å²) in [6, 6.07) is 2.86. The van der Waals surface area contributed by atoms with Crippen molar-refractivity contribution in [3.8, 4) is 0 Å². The van der Waals surface area contributed by atoms with E-state index in [0.717, 1.165) is 17.5 Å². The summed E-state index contributed by atoms with van der Waals surface area (Å²) < 4.78 is 2.19. The number of aryl methyl sites for hydroxylation is 1. The molecule has 2 heterocycles. The fraction of sp³-hybridized carbons (Fsp3) is 0.357. The molecule has 1 unspecified atom stereocenters. The number of thiocarbonyl (C=S) groups is 1. The summed E-state index contributed by atoms with van der Waals surface area (Å²) in [5.74, 6) is -0.694. The Labute approximate surface area is 142 Å². The van der Waals surface area contributed by atoms with Gasteiger partial charge in [-0.3, -0.25) is 9.69 Å². The number of carboxylic acid groups (broad SMARTS) is 1. The van der Waals surface area contributed by atoms with E-state index < -0.39 is 12.0 Å². The largest absolute Gasteiger partial charge is 0.480 e. The zero-order chi connectivity index (χ0) is 16.3. The second-order valence-corrected chi connectivity index (χ2v) is 7.39. The molecule has 0 radical (unpaired) electrons. The minimum Gasteiger partial charge on any atom is -0.480 e. The minimum atomic E-state index is -1.02. The van der Waals surface area contributed by atoms with E-state index in [-0.39, 0.29) is 5.91 Å². The van der Waals surface area contributed by atoms with Crippen LogP contribution in [0.25, 0.3) is 6.08 Å². The van der Waals surface area contributed by atoms with E-state index in [1.165, 1.54) is 4.90 Å². The van der Waals surface area contributed by atoms with Crippen molar-refractivity contribution in [2.75, 3.05) is 12.0 Å². The van der Waals surface area contributed by atoms with Gasteiger partial charge in [-0.25, -0.2) is 4.79 Å². The van der Waals surface area contributed by atoms with Crippen molar-refractivity contribution in [2.24, 2.45) is 7.05 Å². The Morgan fingerprint density at radius 1 is 1.59 bits per heavy atom. The molecule has 8 heteroatoms. The molecule has 1 saturated heterocycles. The van der Waals surface area contributed by atoms with Gasteiger partial charge in [0, 0.05) is 18.9 Å². The molecular weight excluding hydrogens is 340 g/mol. The third-order valence-electron chi connectivity index (χ3n) is 3.28. The monoisotopic (exact) mass is 356 g/mol. The van der Waals surface area contributed by atoms with Gasteiger partial charge in [-0.15, -0.1) is 0 Å². The maximum absolute atomic E-state index is 12.5.